The summed E-state index contributed by atoms with van der Waals surface area (Å²) >= 11 is 0. The van der Waals surface area contributed by atoms with Crippen LogP contribution in [0.5, 0.6) is 0 Å². The molecule has 0 aliphatic heterocycles. The van der Waals surface area contributed by atoms with Crippen LogP contribution in [-0.2, 0) is 4.79 Å². The van der Waals surface area contributed by atoms with Crippen LogP contribution in [-0.4, -0.2) is 16.9 Å². The molecule has 0 amide bonds. The van der Waals surface area contributed by atoms with Gasteiger partial charge in [-0.2, -0.15) is 0 Å². The van der Waals surface area contributed by atoms with Crippen molar-refractivity contribution in [1.82, 2.24) is 0 Å². The van der Waals surface area contributed by atoms with Gasteiger partial charge < -0.3 is 5.11 Å². The zero-order valence-corrected chi connectivity index (χ0v) is 10.8. The molecule has 0 spiro atoms. The van der Waals surface area contributed by atoms with Crippen LogP contribution >= 0.6 is 0 Å². The summed E-state index contributed by atoms with van der Waals surface area (Å²) in [6.07, 6.45) is 8.94. The number of allylic oxidation sites excluding steroid dienone is 1. The van der Waals surface area contributed by atoms with Crippen molar-refractivity contribution < 1.29 is 14.7 Å². The Labute approximate surface area is 113 Å². The molecule has 1 saturated carbocycles. The monoisotopic (exact) mass is 258 g/mol. The summed E-state index contributed by atoms with van der Waals surface area (Å²) in [5.41, 5.74) is 1.12. The minimum atomic E-state index is -0.936. The van der Waals surface area contributed by atoms with Gasteiger partial charge in [0.15, 0.2) is 5.78 Å². The second-order valence-corrected chi connectivity index (χ2v) is 5.00. The number of benzene rings is 1. The highest BCUT2D eigenvalue weighted by Gasteiger charge is 2.18. The number of rotatable bonds is 4. The maximum atomic E-state index is 12.0. The van der Waals surface area contributed by atoms with E-state index in [4.69, 9.17) is 5.11 Å². The molecule has 1 aromatic rings. The molecule has 0 heterocycles. The fourth-order valence-corrected chi connectivity index (χ4v) is 2.44. The topological polar surface area (TPSA) is 54.4 Å². The summed E-state index contributed by atoms with van der Waals surface area (Å²) < 4.78 is 0. The predicted octanol–water partition coefficient (Wildman–Crippen LogP) is 3.55. The lowest BCUT2D eigenvalue weighted by Gasteiger charge is -2.18. The van der Waals surface area contributed by atoms with E-state index >= 15 is 0 Å². The van der Waals surface area contributed by atoms with Gasteiger partial charge in [0.25, 0.3) is 0 Å². The minimum absolute atomic E-state index is 0.184. The highest BCUT2D eigenvalue weighted by atomic mass is 16.4. The van der Waals surface area contributed by atoms with Crippen LogP contribution in [0.4, 0.5) is 0 Å². The fraction of sp³-hybridized carbons (Fsp3) is 0.375. The van der Waals surface area contributed by atoms with Crippen molar-refractivity contribution in [2.24, 2.45) is 5.92 Å². The van der Waals surface area contributed by atoms with Crippen LogP contribution in [0.15, 0.2) is 30.3 Å². The number of carboxylic acids is 1. The molecule has 0 radical (unpaired) electrons. The quantitative estimate of drug-likeness (QED) is 0.840. The highest BCUT2D eigenvalue weighted by molar-refractivity contribution is 5.95. The van der Waals surface area contributed by atoms with E-state index in [1.54, 1.807) is 36.4 Å². The van der Waals surface area contributed by atoms with Gasteiger partial charge >= 0.3 is 5.97 Å². The van der Waals surface area contributed by atoms with Crippen molar-refractivity contribution in [2.75, 3.05) is 0 Å². The molecule has 3 nitrogen and oxygen atoms in total. The molecule has 1 aliphatic carbocycles. The Kier molecular flexibility index (Phi) is 4.50. The lowest BCUT2D eigenvalue weighted by molar-refractivity contribution is -0.119. The Balaban J connectivity index is 1.97. The molecule has 19 heavy (non-hydrogen) atoms. The van der Waals surface area contributed by atoms with Crippen molar-refractivity contribution in [2.45, 2.75) is 32.1 Å². The van der Waals surface area contributed by atoms with Gasteiger partial charge in [0.1, 0.15) is 0 Å². The second-order valence-electron chi connectivity index (χ2n) is 5.00. The maximum absolute atomic E-state index is 12.0. The molecular weight excluding hydrogens is 240 g/mol. The van der Waals surface area contributed by atoms with E-state index in [1.165, 1.54) is 6.42 Å². The predicted molar refractivity (Wildman–Crippen MR) is 74.0 cm³/mol. The van der Waals surface area contributed by atoms with Crippen molar-refractivity contribution in [3.05, 3.63) is 41.5 Å². The standard InChI is InChI=1S/C16H18O3/c17-15(13-4-2-1-3-5-13)11-8-12-6-9-14(10-7-12)16(18)19/h6-11,13H,1-5H2,(H,18,19)/b11-8+. The van der Waals surface area contributed by atoms with Crippen molar-refractivity contribution in [3.63, 3.8) is 0 Å². The summed E-state index contributed by atoms with van der Waals surface area (Å²) in [5, 5.41) is 8.79. The van der Waals surface area contributed by atoms with Crippen LogP contribution in [0.2, 0.25) is 0 Å². The second kappa shape index (κ2) is 6.32. The third-order valence-electron chi connectivity index (χ3n) is 3.61. The molecule has 1 aromatic carbocycles. The van der Waals surface area contributed by atoms with Gasteiger partial charge in [0.05, 0.1) is 5.56 Å². The van der Waals surface area contributed by atoms with Crippen LogP contribution < -0.4 is 0 Å². The van der Waals surface area contributed by atoms with E-state index in [2.05, 4.69) is 0 Å². The summed E-state index contributed by atoms with van der Waals surface area (Å²) in [6.45, 7) is 0. The van der Waals surface area contributed by atoms with E-state index in [0.717, 1.165) is 31.2 Å². The zero-order valence-electron chi connectivity index (χ0n) is 10.8. The molecule has 0 bridgehead atoms. The van der Waals surface area contributed by atoms with Crippen LogP contribution in [0, 0.1) is 5.92 Å². The van der Waals surface area contributed by atoms with Gasteiger partial charge in [0.2, 0.25) is 0 Å². The Bertz CT molecular complexity index is 479. The molecule has 3 heteroatoms. The Morgan fingerprint density at radius 2 is 1.68 bits per heavy atom. The SMILES string of the molecule is O=C(O)c1ccc(/C=C/C(=O)C2CCCCC2)cc1. The molecule has 1 N–H and O–H groups in total. The average Bonchev–Trinajstić information content (AvgIpc) is 2.46. The van der Waals surface area contributed by atoms with Gasteiger partial charge in [-0.1, -0.05) is 37.5 Å². The van der Waals surface area contributed by atoms with Crippen LogP contribution in [0.25, 0.3) is 6.08 Å². The first-order chi connectivity index (χ1) is 9.16. The van der Waals surface area contributed by atoms with Crippen molar-refractivity contribution in [3.8, 4) is 0 Å². The van der Waals surface area contributed by atoms with E-state index < -0.39 is 5.97 Å². The normalized spacial score (nSPS) is 16.6. The van der Waals surface area contributed by atoms with E-state index in [9.17, 15) is 9.59 Å². The van der Waals surface area contributed by atoms with Gasteiger partial charge in [-0.05, 0) is 36.6 Å². The summed E-state index contributed by atoms with van der Waals surface area (Å²) in [7, 11) is 0. The third kappa shape index (κ3) is 3.78. The molecule has 0 saturated heterocycles. The fourth-order valence-electron chi connectivity index (χ4n) is 2.44. The van der Waals surface area contributed by atoms with Crippen molar-refractivity contribution in [1.29, 1.82) is 0 Å². The van der Waals surface area contributed by atoms with Crippen LogP contribution in [0.1, 0.15) is 48.0 Å². The highest BCUT2D eigenvalue weighted by Crippen LogP contribution is 2.24. The van der Waals surface area contributed by atoms with E-state index in [0.29, 0.717) is 0 Å². The first kappa shape index (κ1) is 13.5. The zero-order chi connectivity index (χ0) is 13.7. The van der Waals surface area contributed by atoms with E-state index in [-0.39, 0.29) is 17.3 Å². The Morgan fingerprint density at radius 1 is 1.05 bits per heavy atom. The van der Waals surface area contributed by atoms with Gasteiger partial charge in [-0.25, -0.2) is 4.79 Å². The Morgan fingerprint density at radius 3 is 2.26 bits per heavy atom. The largest absolute Gasteiger partial charge is 0.478 e. The summed E-state index contributed by atoms with van der Waals surface area (Å²) in [6, 6.07) is 6.53. The number of aromatic carboxylic acids is 1. The number of carbonyl (C=O) groups excluding carboxylic acids is 1. The number of ketones is 1. The first-order valence-corrected chi connectivity index (χ1v) is 6.72. The molecule has 100 valence electrons. The van der Waals surface area contributed by atoms with Gasteiger partial charge in [-0.3, -0.25) is 4.79 Å². The molecule has 1 fully saturated rings. The van der Waals surface area contributed by atoms with Gasteiger partial charge in [-0.15, -0.1) is 0 Å². The molecule has 0 atom stereocenters. The average molecular weight is 258 g/mol. The molecular formula is C16H18O3. The van der Waals surface area contributed by atoms with Crippen LogP contribution in [0.3, 0.4) is 0 Å². The number of carboxylic acid groups (broad SMARTS) is 1. The smallest absolute Gasteiger partial charge is 0.335 e. The molecule has 0 unspecified atom stereocenters. The molecule has 0 aromatic heterocycles. The lowest BCUT2D eigenvalue weighted by atomic mass is 9.86. The molecule has 1 aliphatic rings. The number of hydrogen-bond acceptors (Lipinski definition) is 2. The lowest BCUT2D eigenvalue weighted by Crippen LogP contribution is -2.15. The summed E-state index contributed by atoms with van der Waals surface area (Å²) in [5.74, 6) is -0.556. The first-order valence-electron chi connectivity index (χ1n) is 6.72. The summed E-state index contributed by atoms with van der Waals surface area (Å²) in [4.78, 5) is 22.7. The maximum Gasteiger partial charge on any atom is 0.335 e. The van der Waals surface area contributed by atoms with E-state index in [1.807, 2.05) is 0 Å². The van der Waals surface area contributed by atoms with Crippen molar-refractivity contribution >= 4 is 17.8 Å². The number of hydrogen-bond donors (Lipinski definition) is 1. The Hall–Kier alpha value is -1.90. The number of carbonyl (C=O) groups is 2. The minimum Gasteiger partial charge on any atom is -0.478 e. The van der Waals surface area contributed by atoms with Gasteiger partial charge in [0, 0.05) is 5.92 Å². The molecule has 2 rings (SSSR count). The third-order valence-corrected chi connectivity index (χ3v) is 3.61.